The van der Waals surface area contributed by atoms with Crippen LogP contribution in [0.25, 0.3) is 0 Å². The van der Waals surface area contributed by atoms with Gasteiger partial charge in [-0.2, -0.15) is 0 Å². The molecule has 0 aliphatic rings. The van der Waals surface area contributed by atoms with Crippen molar-refractivity contribution in [2.75, 3.05) is 33.0 Å². The fourth-order valence-electron chi connectivity index (χ4n) is 0.393. The fraction of sp³-hybridized carbons (Fsp3) is 0.800. The summed E-state index contributed by atoms with van der Waals surface area (Å²) in [7, 11) is -4.51. The largest absolute Gasteiger partial charge is 1.00 e. The number of ether oxygens (including phenoxy) is 1. The standard InChI is InChI=1S/C4H10O.C3H6O4S.C3H8O3.Na/c1-3-5-4-2;1-2-3-7-8(4,5)6;4-1-3(6)2-5;/h3-4H2,1-2H3;2H,1,3H2,(H,4,5,6);3-6H,1-2H2;/q;;;+1/p-1. The SMILES string of the molecule is C=CCOS(=O)(=O)[O-].CCOCC.OCC(O)CO.[Na+]. The number of aliphatic hydroxyl groups is 3. The van der Waals surface area contributed by atoms with E-state index in [0.29, 0.717) is 0 Å². The van der Waals surface area contributed by atoms with Gasteiger partial charge in [0.25, 0.3) is 0 Å². The molecule has 0 radical (unpaired) electrons. The van der Waals surface area contributed by atoms with Crippen LogP contribution in [0, 0.1) is 0 Å². The monoisotopic (exact) mass is 326 g/mol. The van der Waals surface area contributed by atoms with Gasteiger partial charge in [0.2, 0.25) is 10.4 Å². The van der Waals surface area contributed by atoms with E-state index < -0.39 is 16.5 Å². The Morgan fingerprint density at radius 1 is 1.25 bits per heavy atom. The Labute approximate surface area is 142 Å². The van der Waals surface area contributed by atoms with Gasteiger partial charge in [-0.15, -0.1) is 6.58 Å². The van der Waals surface area contributed by atoms with Crippen molar-refractivity contribution in [3.8, 4) is 0 Å². The van der Waals surface area contributed by atoms with Crippen LogP contribution in [0.15, 0.2) is 12.7 Å². The molecule has 0 bridgehead atoms. The maximum Gasteiger partial charge on any atom is 1.00 e. The zero-order valence-electron chi connectivity index (χ0n) is 12.2. The van der Waals surface area contributed by atoms with Crippen LogP contribution in [0.1, 0.15) is 13.8 Å². The minimum atomic E-state index is -4.51. The van der Waals surface area contributed by atoms with Crippen LogP contribution in [-0.4, -0.2) is 67.4 Å². The van der Waals surface area contributed by atoms with E-state index in [9.17, 15) is 13.0 Å². The summed E-state index contributed by atoms with van der Waals surface area (Å²) in [6.45, 7) is 7.81. The molecule has 0 heterocycles. The third kappa shape index (κ3) is 42.9. The van der Waals surface area contributed by atoms with Gasteiger partial charge in [0.05, 0.1) is 19.8 Å². The van der Waals surface area contributed by atoms with Crippen molar-refractivity contribution in [1.29, 1.82) is 0 Å². The molecule has 0 aromatic carbocycles. The summed E-state index contributed by atoms with van der Waals surface area (Å²) in [6, 6.07) is 0. The minimum absolute atomic E-state index is 0. The summed E-state index contributed by atoms with van der Waals surface area (Å²) < 4.78 is 37.2. The topological polar surface area (TPSA) is 136 Å². The minimum Gasteiger partial charge on any atom is -0.726 e. The molecule has 0 aromatic rings. The molecule has 0 aromatic heterocycles. The maximum atomic E-state index is 9.56. The third-order valence-corrected chi connectivity index (χ3v) is 1.58. The molecule has 0 saturated heterocycles. The predicted molar refractivity (Wildman–Crippen MR) is 68.2 cm³/mol. The predicted octanol–water partition coefficient (Wildman–Crippen LogP) is -3.97. The third-order valence-electron chi connectivity index (χ3n) is 1.16. The number of hydrogen-bond acceptors (Lipinski definition) is 8. The van der Waals surface area contributed by atoms with Crippen molar-refractivity contribution in [3.05, 3.63) is 12.7 Å². The Balaban J connectivity index is -0.0000000966. The molecule has 0 spiro atoms. The zero-order chi connectivity index (χ0) is 15.7. The molecule has 8 nitrogen and oxygen atoms in total. The summed E-state index contributed by atoms with van der Waals surface area (Å²) in [6.07, 6.45) is 0.222. The van der Waals surface area contributed by atoms with Gasteiger partial charge in [0, 0.05) is 13.2 Å². The van der Waals surface area contributed by atoms with Crippen LogP contribution in [0.2, 0.25) is 0 Å². The molecule has 10 heteroatoms. The van der Waals surface area contributed by atoms with Crippen LogP contribution in [0.3, 0.4) is 0 Å². The smallest absolute Gasteiger partial charge is 0.726 e. The van der Waals surface area contributed by atoms with Crippen LogP contribution in [0.5, 0.6) is 0 Å². The van der Waals surface area contributed by atoms with Gasteiger partial charge in [-0.3, -0.25) is 4.18 Å². The van der Waals surface area contributed by atoms with Gasteiger partial charge in [-0.1, -0.05) is 6.08 Å². The molecule has 0 fully saturated rings. The van der Waals surface area contributed by atoms with E-state index in [1.54, 1.807) is 0 Å². The van der Waals surface area contributed by atoms with Crippen LogP contribution in [-0.2, 0) is 19.3 Å². The molecular weight excluding hydrogens is 303 g/mol. The Hall–Kier alpha value is 0.450. The summed E-state index contributed by atoms with van der Waals surface area (Å²) in [4.78, 5) is 0. The Kier molecular flexibility index (Phi) is 31.1. The van der Waals surface area contributed by atoms with Gasteiger partial charge in [0.1, 0.15) is 6.10 Å². The van der Waals surface area contributed by atoms with Crippen molar-refractivity contribution in [3.63, 3.8) is 0 Å². The van der Waals surface area contributed by atoms with Gasteiger partial charge < -0.3 is 24.6 Å². The number of aliphatic hydroxyl groups excluding tert-OH is 3. The molecule has 0 atom stereocenters. The molecule has 0 unspecified atom stereocenters. The van der Waals surface area contributed by atoms with E-state index in [0.717, 1.165) is 13.2 Å². The van der Waals surface area contributed by atoms with Crippen LogP contribution < -0.4 is 29.6 Å². The van der Waals surface area contributed by atoms with E-state index >= 15 is 0 Å². The Morgan fingerprint density at radius 2 is 1.65 bits per heavy atom. The Morgan fingerprint density at radius 3 is 1.70 bits per heavy atom. The Bertz CT molecular complexity index is 264. The molecule has 118 valence electrons. The van der Waals surface area contributed by atoms with E-state index in [1.807, 2.05) is 13.8 Å². The first kappa shape index (κ1) is 28.6. The van der Waals surface area contributed by atoms with Crippen LogP contribution >= 0.6 is 0 Å². The maximum absolute atomic E-state index is 9.56. The summed E-state index contributed by atoms with van der Waals surface area (Å²) >= 11 is 0. The molecule has 0 aliphatic carbocycles. The fourth-order valence-corrected chi connectivity index (χ4v) is 0.656. The number of hydrogen-bond donors (Lipinski definition) is 3. The summed E-state index contributed by atoms with van der Waals surface area (Å²) in [5, 5.41) is 24.0. The summed E-state index contributed by atoms with van der Waals surface area (Å²) in [5.41, 5.74) is 0. The van der Waals surface area contributed by atoms with Crippen molar-refractivity contribution >= 4 is 10.4 Å². The second kappa shape index (κ2) is 21.7. The second-order valence-corrected chi connectivity index (χ2v) is 3.83. The van der Waals surface area contributed by atoms with Gasteiger partial charge in [-0.25, -0.2) is 8.42 Å². The molecule has 20 heavy (non-hydrogen) atoms. The average Bonchev–Trinajstić information content (AvgIpc) is 2.37. The zero-order valence-corrected chi connectivity index (χ0v) is 15.0. The first-order chi connectivity index (χ1) is 8.78. The van der Waals surface area contributed by atoms with Crippen molar-refractivity contribution in [1.82, 2.24) is 0 Å². The van der Waals surface area contributed by atoms with E-state index in [2.05, 4.69) is 10.8 Å². The van der Waals surface area contributed by atoms with E-state index in [1.165, 1.54) is 6.08 Å². The van der Waals surface area contributed by atoms with Crippen molar-refractivity contribution in [2.45, 2.75) is 20.0 Å². The van der Waals surface area contributed by atoms with E-state index in [4.69, 9.17) is 20.1 Å². The molecule has 0 aliphatic heterocycles. The van der Waals surface area contributed by atoms with Crippen molar-refractivity contribution < 1.29 is 66.8 Å². The molecule has 3 N–H and O–H groups in total. The number of rotatable bonds is 7. The first-order valence-electron chi connectivity index (χ1n) is 5.47. The average molecular weight is 326 g/mol. The van der Waals surface area contributed by atoms with E-state index in [-0.39, 0.29) is 49.4 Å². The molecular formula is C10H23NaO8S. The van der Waals surface area contributed by atoms with Crippen LogP contribution in [0.4, 0.5) is 0 Å². The molecule has 0 rings (SSSR count). The first-order valence-corrected chi connectivity index (χ1v) is 6.80. The van der Waals surface area contributed by atoms with Crippen molar-refractivity contribution in [2.24, 2.45) is 0 Å². The molecule has 0 saturated carbocycles. The normalized spacial score (nSPS) is 9.55. The van der Waals surface area contributed by atoms with Gasteiger partial charge >= 0.3 is 29.6 Å². The quantitative estimate of drug-likeness (QED) is 0.186. The summed E-state index contributed by atoms with van der Waals surface area (Å²) in [5.74, 6) is 0. The second-order valence-electron chi connectivity index (χ2n) is 2.78. The van der Waals surface area contributed by atoms with Gasteiger partial charge in [0.15, 0.2) is 0 Å². The molecule has 0 amide bonds. The van der Waals surface area contributed by atoms with Gasteiger partial charge in [-0.05, 0) is 13.8 Å².